The Balaban J connectivity index is 2.54. The molecule has 0 N–H and O–H groups in total. The van der Waals surface area contributed by atoms with E-state index in [1.165, 1.54) is 0 Å². The van der Waals surface area contributed by atoms with Gasteiger partial charge in [0.2, 0.25) is 0 Å². The molecular weight excluding hydrogens is 83.5 g/mol. The molecule has 1 atom stereocenters. The van der Waals surface area contributed by atoms with Crippen LogP contribution >= 0.6 is 11.6 Å². The Labute approximate surface area is 38.1 Å². The topological polar surface area (TPSA) is 0 Å². The molecule has 0 aliphatic rings. The summed E-state index contributed by atoms with van der Waals surface area (Å²) in [6, 6.07) is 0. The maximum atomic E-state index is 5.46. The van der Waals surface area contributed by atoms with E-state index in [-0.39, 0.29) is 0 Å². The maximum Gasteiger partial charge on any atom is 0.0305 e. The molecule has 0 rings (SSSR count). The highest BCUT2D eigenvalue weighted by atomic mass is 35.5. The first-order valence-corrected chi connectivity index (χ1v) is 2.35. The van der Waals surface area contributed by atoms with Crippen LogP contribution in [0.4, 0.5) is 0 Å². The highest BCUT2D eigenvalue weighted by molar-refractivity contribution is 6.20. The van der Waals surface area contributed by atoms with Gasteiger partial charge in [-0.1, -0.05) is 6.92 Å². The molecule has 0 bridgehead atoms. The van der Waals surface area contributed by atoms with Crippen molar-refractivity contribution in [2.75, 3.05) is 0 Å². The molecule has 5 heavy (non-hydrogen) atoms. The highest BCUT2D eigenvalue weighted by Gasteiger charge is 1.83. The predicted octanol–water partition coefficient (Wildman–Crippen LogP) is 2.02. The molecule has 0 aliphatic carbocycles. The van der Waals surface area contributed by atoms with Crippen LogP contribution in [-0.2, 0) is 0 Å². The van der Waals surface area contributed by atoms with Crippen LogP contribution in [0.1, 0.15) is 20.3 Å². The Kier molecular flexibility index (Phi) is 2.67. The Morgan fingerprint density at radius 2 is 2.00 bits per heavy atom. The fourth-order valence-electron chi connectivity index (χ4n) is 0. The van der Waals surface area contributed by atoms with Crippen LogP contribution < -0.4 is 0 Å². The first-order chi connectivity index (χ1) is 2.27. The van der Waals surface area contributed by atoms with Crippen molar-refractivity contribution >= 4 is 11.6 Å². The Morgan fingerprint density at radius 1 is 1.80 bits per heavy atom. The lowest BCUT2D eigenvalue weighted by Crippen LogP contribution is -1.81. The number of hydrogen-bond acceptors (Lipinski definition) is 0. The van der Waals surface area contributed by atoms with E-state index >= 15 is 0 Å². The molecule has 0 aromatic carbocycles. The first-order valence-electron chi connectivity index (χ1n) is 1.91. The minimum Gasteiger partial charge on any atom is -0.123 e. The Bertz CT molecular complexity index is 17.6. The molecule has 1 heteroatoms. The van der Waals surface area contributed by atoms with Crippen LogP contribution in [0, 0.1) is 0 Å². The standard InChI is InChI=1S/C4H9Cl/c1-3-4(2)5/h4H,3H2,1-2H3/t4-/m0/s1. The summed E-state index contributed by atoms with van der Waals surface area (Å²) < 4.78 is 0. The van der Waals surface area contributed by atoms with Crippen molar-refractivity contribution in [3.8, 4) is 0 Å². The van der Waals surface area contributed by atoms with E-state index in [1.807, 2.05) is 6.92 Å². The lowest BCUT2D eigenvalue weighted by molar-refractivity contribution is 0.895. The van der Waals surface area contributed by atoms with Gasteiger partial charge in [-0.2, -0.15) is 0 Å². The van der Waals surface area contributed by atoms with Gasteiger partial charge >= 0.3 is 0 Å². The van der Waals surface area contributed by atoms with Crippen LogP contribution in [-0.4, -0.2) is 5.38 Å². The molecule has 0 spiro atoms. The summed E-state index contributed by atoms with van der Waals surface area (Å²) in [4.78, 5) is 0. The van der Waals surface area contributed by atoms with Crippen molar-refractivity contribution in [1.82, 2.24) is 0 Å². The molecule has 0 saturated carbocycles. The maximum absolute atomic E-state index is 5.46. The van der Waals surface area contributed by atoms with Gasteiger partial charge in [0.1, 0.15) is 0 Å². The summed E-state index contributed by atoms with van der Waals surface area (Å²) in [5.41, 5.74) is 0. The third-order valence-corrected chi connectivity index (χ3v) is 0.871. The van der Waals surface area contributed by atoms with Gasteiger partial charge in [-0.15, -0.1) is 11.6 Å². The zero-order valence-corrected chi connectivity index (χ0v) is 4.42. The molecular formula is C4H9Cl. The average molecular weight is 92.6 g/mol. The van der Waals surface area contributed by atoms with Gasteiger partial charge in [0.05, 0.1) is 0 Å². The summed E-state index contributed by atoms with van der Waals surface area (Å²) in [6.07, 6.45) is 1.07. The summed E-state index contributed by atoms with van der Waals surface area (Å²) >= 11 is 5.46. The van der Waals surface area contributed by atoms with Crippen molar-refractivity contribution in [1.29, 1.82) is 0 Å². The average Bonchev–Trinajstić information content (AvgIpc) is 1.38. The van der Waals surface area contributed by atoms with Crippen molar-refractivity contribution in [3.63, 3.8) is 0 Å². The summed E-state index contributed by atoms with van der Waals surface area (Å²) in [6.45, 7) is 4.05. The monoisotopic (exact) mass is 92.0 g/mol. The van der Waals surface area contributed by atoms with Gasteiger partial charge in [0.15, 0.2) is 0 Å². The van der Waals surface area contributed by atoms with Crippen molar-refractivity contribution in [2.45, 2.75) is 25.6 Å². The second kappa shape index (κ2) is 2.52. The largest absolute Gasteiger partial charge is 0.123 e. The fourth-order valence-corrected chi connectivity index (χ4v) is 0. The second-order valence-corrected chi connectivity index (χ2v) is 1.93. The quantitative estimate of drug-likeness (QED) is 0.434. The van der Waals surface area contributed by atoms with Gasteiger partial charge < -0.3 is 0 Å². The number of hydrogen-bond donors (Lipinski definition) is 0. The van der Waals surface area contributed by atoms with E-state index < -0.39 is 0 Å². The minimum atomic E-state index is 0.356. The predicted molar refractivity (Wildman–Crippen MR) is 25.6 cm³/mol. The van der Waals surface area contributed by atoms with Crippen molar-refractivity contribution in [2.24, 2.45) is 0 Å². The van der Waals surface area contributed by atoms with E-state index in [0.717, 1.165) is 6.42 Å². The van der Waals surface area contributed by atoms with E-state index in [9.17, 15) is 0 Å². The Morgan fingerprint density at radius 3 is 2.00 bits per heavy atom. The van der Waals surface area contributed by atoms with Crippen LogP contribution in [0.25, 0.3) is 0 Å². The molecule has 0 aliphatic heterocycles. The summed E-state index contributed by atoms with van der Waals surface area (Å²) in [5, 5.41) is 0.356. The highest BCUT2D eigenvalue weighted by Crippen LogP contribution is 1.95. The van der Waals surface area contributed by atoms with Gasteiger partial charge in [-0.3, -0.25) is 0 Å². The zero-order valence-electron chi connectivity index (χ0n) is 3.66. The zero-order chi connectivity index (χ0) is 4.28. The van der Waals surface area contributed by atoms with Gasteiger partial charge in [0.25, 0.3) is 0 Å². The minimum absolute atomic E-state index is 0.356. The van der Waals surface area contributed by atoms with Gasteiger partial charge in [0, 0.05) is 5.38 Å². The first kappa shape index (κ1) is 5.29. The number of alkyl halides is 1. The molecule has 0 saturated heterocycles. The molecule has 0 unspecified atom stereocenters. The van der Waals surface area contributed by atoms with E-state index in [1.54, 1.807) is 0 Å². The normalized spacial score (nSPS) is 15.0. The lowest BCUT2D eigenvalue weighted by atomic mass is 10.4. The summed E-state index contributed by atoms with van der Waals surface area (Å²) in [7, 11) is 0. The van der Waals surface area contributed by atoms with E-state index in [4.69, 9.17) is 11.6 Å². The van der Waals surface area contributed by atoms with Crippen LogP contribution in [0.3, 0.4) is 0 Å². The van der Waals surface area contributed by atoms with Crippen LogP contribution in [0.15, 0.2) is 0 Å². The van der Waals surface area contributed by atoms with E-state index in [2.05, 4.69) is 6.92 Å². The molecule has 0 radical (unpaired) electrons. The molecule has 0 amide bonds. The Hall–Kier alpha value is 0.290. The SMILES string of the molecule is CC[C@H](C)Cl. The number of rotatable bonds is 1. The van der Waals surface area contributed by atoms with Crippen molar-refractivity contribution in [3.05, 3.63) is 0 Å². The van der Waals surface area contributed by atoms with Crippen LogP contribution in [0.2, 0.25) is 0 Å². The molecule has 0 aromatic rings. The lowest BCUT2D eigenvalue weighted by Gasteiger charge is -1.87. The molecule has 0 heterocycles. The van der Waals surface area contributed by atoms with Crippen LogP contribution in [0.5, 0.6) is 0 Å². The fraction of sp³-hybridized carbons (Fsp3) is 1.00. The summed E-state index contributed by atoms with van der Waals surface area (Å²) in [5.74, 6) is 0. The third kappa shape index (κ3) is 4.29. The third-order valence-electron chi connectivity index (χ3n) is 0.563. The second-order valence-electron chi connectivity index (χ2n) is 1.19. The van der Waals surface area contributed by atoms with Gasteiger partial charge in [-0.05, 0) is 13.3 Å². The molecule has 0 fully saturated rings. The van der Waals surface area contributed by atoms with Gasteiger partial charge in [-0.25, -0.2) is 0 Å². The molecule has 0 aromatic heterocycles. The number of halogens is 1. The molecule has 0 nitrogen and oxygen atoms in total. The van der Waals surface area contributed by atoms with E-state index in [0.29, 0.717) is 5.38 Å². The smallest absolute Gasteiger partial charge is 0.0305 e. The molecule has 32 valence electrons. The van der Waals surface area contributed by atoms with Crippen molar-refractivity contribution < 1.29 is 0 Å².